The van der Waals surface area contributed by atoms with Crippen LogP contribution in [0.25, 0.3) is 0 Å². The lowest BCUT2D eigenvalue weighted by Gasteiger charge is -2.04. The Hall–Kier alpha value is -1.64. The van der Waals surface area contributed by atoms with Gasteiger partial charge in [-0.25, -0.2) is 18.1 Å². The van der Waals surface area contributed by atoms with Crippen LogP contribution in [-0.2, 0) is 29.5 Å². The first-order valence-electron chi connectivity index (χ1n) is 6.93. The Morgan fingerprint density at radius 2 is 2.29 bits per heavy atom. The van der Waals surface area contributed by atoms with Gasteiger partial charge in [-0.15, -0.1) is 0 Å². The van der Waals surface area contributed by atoms with Crippen LogP contribution in [0.4, 0.5) is 0 Å². The van der Waals surface area contributed by atoms with Crippen molar-refractivity contribution in [2.45, 2.75) is 37.8 Å². The zero-order valence-corrected chi connectivity index (χ0v) is 12.9. The smallest absolute Gasteiger partial charge is 0.242 e. The van der Waals surface area contributed by atoms with Crippen molar-refractivity contribution < 1.29 is 8.42 Å². The van der Waals surface area contributed by atoms with Gasteiger partial charge in [0.1, 0.15) is 0 Å². The predicted octanol–water partition coefficient (Wildman–Crippen LogP) is 0.601. The first-order chi connectivity index (χ1) is 10.1. The molecule has 0 radical (unpaired) electrons. The van der Waals surface area contributed by atoms with Crippen LogP contribution in [0.1, 0.15) is 24.7 Å². The fourth-order valence-corrected chi connectivity index (χ4v) is 3.21. The maximum absolute atomic E-state index is 12.3. The number of sulfonamides is 1. The van der Waals surface area contributed by atoms with Crippen LogP contribution < -0.4 is 10.5 Å². The van der Waals surface area contributed by atoms with Gasteiger partial charge in [0.15, 0.2) is 0 Å². The standard InChI is InChI=1S/C13H21N5O2S/c1-2-5-18-9-13(6-12(18)7-14)21(19,20)17-4-3-11-8-15-10-16-11/h6,8-10,17H,2-5,7,14H2,1H3,(H,15,16). The molecule has 2 heterocycles. The molecule has 0 atom stereocenters. The van der Waals surface area contributed by atoms with E-state index < -0.39 is 10.0 Å². The zero-order chi connectivity index (χ0) is 15.3. The average molecular weight is 311 g/mol. The van der Waals surface area contributed by atoms with Crippen LogP contribution in [0.3, 0.4) is 0 Å². The molecule has 0 bridgehead atoms. The molecule has 0 aliphatic heterocycles. The summed E-state index contributed by atoms with van der Waals surface area (Å²) < 4.78 is 29.0. The van der Waals surface area contributed by atoms with E-state index in [1.807, 2.05) is 11.5 Å². The number of aryl methyl sites for hydroxylation is 1. The summed E-state index contributed by atoms with van der Waals surface area (Å²) in [6.45, 7) is 3.44. The van der Waals surface area contributed by atoms with Crippen LogP contribution in [0, 0.1) is 0 Å². The fraction of sp³-hybridized carbons (Fsp3) is 0.462. The average Bonchev–Trinajstić information content (AvgIpc) is 3.08. The fourth-order valence-electron chi connectivity index (χ4n) is 2.12. The molecule has 2 aromatic rings. The Labute approximate surface area is 124 Å². The summed E-state index contributed by atoms with van der Waals surface area (Å²) in [7, 11) is -3.50. The lowest BCUT2D eigenvalue weighted by atomic mass is 10.3. The molecule has 0 unspecified atom stereocenters. The summed E-state index contributed by atoms with van der Waals surface area (Å²) in [5.74, 6) is 0. The lowest BCUT2D eigenvalue weighted by Crippen LogP contribution is -2.25. The Morgan fingerprint density at radius 1 is 1.48 bits per heavy atom. The van der Waals surface area contributed by atoms with Gasteiger partial charge in [-0.1, -0.05) is 6.92 Å². The highest BCUT2D eigenvalue weighted by atomic mass is 32.2. The Bertz CT molecular complexity index is 661. The van der Waals surface area contributed by atoms with E-state index in [1.54, 1.807) is 24.8 Å². The predicted molar refractivity (Wildman–Crippen MR) is 80.1 cm³/mol. The molecule has 0 aliphatic rings. The number of nitrogens with two attached hydrogens (primary N) is 1. The van der Waals surface area contributed by atoms with Gasteiger partial charge in [0.25, 0.3) is 0 Å². The van der Waals surface area contributed by atoms with E-state index in [9.17, 15) is 8.42 Å². The maximum atomic E-state index is 12.3. The van der Waals surface area contributed by atoms with Gasteiger partial charge in [-0.05, 0) is 12.5 Å². The molecule has 116 valence electrons. The van der Waals surface area contributed by atoms with E-state index in [0.29, 0.717) is 19.5 Å². The molecule has 8 heteroatoms. The van der Waals surface area contributed by atoms with E-state index in [4.69, 9.17) is 5.73 Å². The minimum absolute atomic E-state index is 0.265. The van der Waals surface area contributed by atoms with Gasteiger partial charge in [0.05, 0.1) is 11.2 Å². The van der Waals surface area contributed by atoms with Crippen molar-refractivity contribution in [1.82, 2.24) is 19.3 Å². The molecule has 0 saturated carbocycles. The van der Waals surface area contributed by atoms with Crippen molar-refractivity contribution in [2.24, 2.45) is 5.73 Å². The second kappa shape index (κ2) is 6.88. The van der Waals surface area contributed by atoms with Gasteiger partial charge in [-0.2, -0.15) is 0 Å². The number of hydrogen-bond donors (Lipinski definition) is 3. The van der Waals surface area contributed by atoms with Crippen LogP contribution in [-0.4, -0.2) is 29.5 Å². The van der Waals surface area contributed by atoms with Crippen molar-refractivity contribution in [3.05, 3.63) is 36.2 Å². The number of rotatable bonds is 8. The van der Waals surface area contributed by atoms with Gasteiger partial charge in [-0.3, -0.25) is 0 Å². The normalized spacial score (nSPS) is 11.9. The summed E-state index contributed by atoms with van der Waals surface area (Å²) >= 11 is 0. The van der Waals surface area contributed by atoms with Crippen LogP contribution in [0.2, 0.25) is 0 Å². The largest absolute Gasteiger partial charge is 0.349 e. The molecule has 0 amide bonds. The quantitative estimate of drug-likeness (QED) is 0.664. The highest BCUT2D eigenvalue weighted by Crippen LogP contribution is 2.14. The molecule has 0 aliphatic carbocycles. The number of imidazole rings is 1. The molecule has 0 aromatic carbocycles. The number of nitrogens with one attached hydrogen (secondary N) is 2. The van der Waals surface area contributed by atoms with Crippen LogP contribution >= 0.6 is 0 Å². The minimum Gasteiger partial charge on any atom is -0.349 e. The van der Waals surface area contributed by atoms with Gasteiger partial charge < -0.3 is 15.3 Å². The van der Waals surface area contributed by atoms with Crippen LogP contribution in [0.5, 0.6) is 0 Å². The molecule has 0 spiro atoms. The second-order valence-electron chi connectivity index (χ2n) is 4.79. The molecule has 0 saturated heterocycles. The third-order valence-corrected chi connectivity index (χ3v) is 4.61. The number of nitrogens with zero attached hydrogens (tertiary/aromatic N) is 2. The minimum atomic E-state index is -3.50. The van der Waals surface area contributed by atoms with Crippen LogP contribution in [0.15, 0.2) is 29.7 Å². The number of hydrogen-bond acceptors (Lipinski definition) is 4. The number of H-pyrrole nitrogens is 1. The van der Waals surface area contributed by atoms with Gasteiger partial charge in [0, 0.05) is 49.8 Å². The topological polar surface area (TPSA) is 106 Å². The van der Waals surface area contributed by atoms with E-state index in [2.05, 4.69) is 14.7 Å². The molecule has 7 nitrogen and oxygen atoms in total. The highest BCUT2D eigenvalue weighted by molar-refractivity contribution is 7.89. The summed E-state index contributed by atoms with van der Waals surface area (Å²) in [6, 6.07) is 1.63. The van der Waals surface area contributed by atoms with E-state index >= 15 is 0 Å². The lowest BCUT2D eigenvalue weighted by molar-refractivity contribution is 0.580. The molecule has 2 aromatic heterocycles. The molecule has 4 N–H and O–H groups in total. The Kier molecular flexibility index (Phi) is 5.16. The number of aromatic nitrogens is 3. The summed E-state index contributed by atoms with van der Waals surface area (Å²) in [4.78, 5) is 7.09. The van der Waals surface area contributed by atoms with Crippen molar-refractivity contribution >= 4 is 10.0 Å². The van der Waals surface area contributed by atoms with E-state index in [1.165, 1.54) is 0 Å². The zero-order valence-electron chi connectivity index (χ0n) is 12.0. The van der Waals surface area contributed by atoms with E-state index in [-0.39, 0.29) is 4.90 Å². The third-order valence-electron chi connectivity index (χ3n) is 3.19. The molecular weight excluding hydrogens is 290 g/mol. The van der Waals surface area contributed by atoms with E-state index in [0.717, 1.165) is 24.4 Å². The SMILES string of the molecule is CCCn1cc(S(=O)(=O)NCCc2cnc[nH]2)cc1CN. The van der Waals surface area contributed by atoms with Crippen molar-refractivity contribution in [2.75, 3.05) is 6.54 Å². The van der Waals surface area contributed by atoms with Crippen molar-refractivity contribution in [3.63, 3.8) is 0 Å². The summed E-state index contributed by atoms with van der Waals surface area (Å²) in [6.07, 6.45) is 6.39. The molecule has 21 heavy (non-hydrogen) atoms. The van der Waals surface area contributed by atoms with Crippen molar-refractivity contribution in [1.29, 1.82) is 0 Å². The van der Waals surface area contributed by atoms with Gasteiger partial charge >= 0.3 is 0 Å². The third kappa shape index (κ3) is 3.93. The first kappa shape index (κ1) is 15.7. The monoisotopic (exact) mass is 311 g/mol. The molecule has 0 fully saturated rings. The molecule has 2 rings (SSSR count). The highest BCUT2D eigenvalue weighted by Gasteiger charge is 2.17. The van der Waals surface area contributed by atoms with Gasteiger partial charge in [0.2, 0.25) is 10.0 Å². The first-order valence-corrected chi connectivity index (χ1v) is 8.41. The Morgan fingerprint density at radius 3 is 2.90 bits per heavy atom. The second-order valence-corrected chi connectivity index (χ2v) is 6.56. The maximum Gasteiger partial charge on any atom is 0.242 e. The number of aromatic amines is 1. The Balaban J connectivity index is 2.04. The summed E-state index contributed by atoms with van der Waals surface area (Å²) in [5.41, 5.74) is 7.37. The summed E-state index contributed by atoms with van der Waals surface area (Å²) in [5, 5.41) is 0. The molecular formula is C13H21N5O2S. The van der Waals surface area contributed by atoms with Crippen molar-refractivity contribution in [3.8, 4) is 0 Å².